The van der Waals surface area contributed by atoms with Crippen LogP contribution >= 0.6 is 0 Å². The van der Waals surface area contributed by atoms with Gasteiger partial charge in [-0.15, -0.1) is 0 Å². The van der Waals surface area contributed by atoms with E-state index in [1.807, 2.05) is 0 Å². The highest BCUT2D eigenvalue weighted by Crippen LogP contribution is 2.36. The van der Waals surface area contributed by atoms with Crippen molar-refractivity contribution in [3.05, 3.63) is 29.3 Å². The smallest absolute Gasteiger partial charge is 0.335 e. The molecule has 0 atom stereocenters. The fraction of sp³-hybridized carbons (Fsp3) is 0.385. The van der Waals surface area contributed by atoms with Crippen LogP contribution in [0.25, 0.3) is 0 Å². The molecule has 2 aliphatic rings. The molecule has 1 aromatic carbocycles. The van der Waals surface area contributed by atoms with E-state index >= 15 is 0 Å². The van der Waals surface area contributed by atoms with Crippen LogP contribution in [0.2, 0.25) is 0 Å². The van der Waals surface area contributed by atoms with Gasteiger partial charge in [-0.3, -0.25) is 4.79 Å². The summed E-state index contributed by atoms with van der Waals surface area (Å²) in [6.45, 7) is 0.688. The second kappa shape index (κ2) is 3.58. The van der Waals surface area contributed by atoms with Crippen molar-refractivity contribution in [1.29, 1.82) is 0 Å². The Balaban J connectivity index is 1.92. The van der Waals surface area contributed by atoms with E-state index in [1.54, 1.807) is 23.1 Å². The molecule has 4 nitrogen and oxygen atoms in total. The minimum atomic E-state index is -0.917. The molecule has 0 radical (unpaired) electrons. The van der Waals surface area contributed by atoms with Gasteiger partial charge in [-0.2, -0.15) is 0 Å². The number of hydrogen-bond acceptors (Lipinski definition) is 2. The maximum atomic E-state index is 12.0. The molecule has 3 rings (SSSR count). The Hall–Kier alpha value is -1.84. The van der Waals surface area contributed by atoms with Gasteiger partial charge in [0.15, 0.2) is 0 Å². The number of nitrogens with zero attached hydrogens (tertiary/aromatic N) is 1. The summed E-state index contributed by atoms with van der Waals surface area (Å²) in [5.74, 6) is -0.508. The van der Waals surface area contributed by atoms with E-state index in [9.17, 15) is 9.59 Å². The summed E-state index contributed by atoms with van der Waals surface area (Å²) in [6, 6.07) is 5.00. The molecule has 0 bridgehead atoms. The summed E-state index contributed by atoms with van der Waals surface area (Å²) in [5, 5.41) is 8.91. The zero-order chi connectivity index (χ0) is 12.0. The molecule has 0 aromatic heterocycles. The largest absolute Gasteiger partial charge is 0.478 e. The van der Waals surface area contributed by atoms with Crippen molar-refractivity contribution in [3.8, 4) is 0 Å². The molecule has 4 heteroatoms. The molecule has 17 heavy (non-hydrogen) atoms. The second-order valence-electron chi connectivity index (χ2n) is 4.66. The first-order valence-corrected chi connectivity index (χ1v) is 5.84. The van der Waals surface area contributed by atoms with Crippen LogP contribution in [0.15, 0.2) is 18.2 Å². The monoisotopic (exact) mass is 231 g/mol. The summed E-state index contributed by atoms with van der Waals surface area (Å²) >= 11 is 0. The van der Waals surface area contributed by atoms with Crippen LogP contribution in [0.4, 0.5) is 5.69 Å². The number of carbonyl (C=O) groups is 2. The number of hydrogen-bond donors (Lipinski definition) is 1. The van der Waals surface area contributed by atoms with E-state index in [2.05, 4.69) is 0 Å². The van der Waals surface area contributed by atoms with Gasteiger partial charge in [0, 0.05) is 18.2 Å². The topological polar surface area (TPSA) is 57.6 Å². The van der Waals surface area contributed by atoms with Gasteiger partial charge in [0.1, 0.15) is 0 Å². The summed E-state index contributed by atoms with van der Waals surface area (Å²) in [4.78, 5) is 24.7. The third-order valence-electron chi connectivity index (χ3n) is 3.41. The van der Waals surface area contributed by atoms with Gasteiger partial charge < -0.3 is 10.0 Å². The van der Waals surface area contributed by atoms with Crippen molar-refractivity contribution < 1.29 is 14.7 Å². The maximum absolute atomic E-state index is 12.0. The molecule has 0 unspecified atom stereocenters. The Bertz CT molecular complexity index is 505. The SMILES string of the molecule is O=C(O)c1ccc2c(c1)CCN2C(=O)C1CC1. The molecular weight excluding hydrogens is 218 g/mol. The van der Waals surface area contributed by atoms with E-state index in [1.165, 1.54) is 0 Å². The summed E-state index contributed by atoms with van der Waals surface area (Å²) in [7, 11) is 0. The molecule has 0 spiro atoms. The first-order chi connectivity index (χ1) is 8.16. The minimum Gasteiger partial charge on any atom is -0.478 e. The van der Waals surface area contributed by atoms with Crippen LogP contribution in [0.3, 0.4) is 0 Å². The van der Waals surface area contributed by atoms with Gasteiger partial charge in [-0.25, -0.2) is 4.79 Å². The molecule has 1 heterocycles. The van der Waals surface area contributed by atoms with E-state index in [4.69, 9.17) is 5.11 Å². The van der Waals surface area contributed by atoms with Crippen molar-refractivity contribution in [3.63, 3.8) is 0 Å². The molecule has 1 N–H and O–H groups in total. The van der Waals surface area contributed by atoms with E-state index < -0.39 is 5.97 Å². The number of carbonyl (C=O) groups excluding carboxylic acids is 1. The van der Waals surface area contributed by atoms with Crippen molar-refractivity contribution in [1.82, 2.24) is 0 Å². The van der Waals surface area contributed by atoms with Gasteiger partial charge in [0.05, 0.1) is 5.56 Å². The molecule has 1 fully saturated rings. The normalized spacial score (nSPS) is 18.0. The van der Waals surface area contributed by atoms with E-state index in [0.29, 0.717) is 12.1 Å². The standard InChI is InChI=1S/C13H13NO3/c15-12(8-1-2-8)14-6-5-9-7-10(13(16)17)3-4-11(9)14/h3-4,7-8H,1-2,5-6H2,(H,16,17). The zero-order valence-electron chi connectivity index (χ0n) is 9.35. The van der Waals surface area contributed by atoms with Crippen molar-refractivity contribution in [2.75, 3.05) is 11.4 Å². The average molecular weight is 231 g/mol. The molecule has 1 saturated carbocycles. The number of aromatic carboxylic acids is 1. The Morgan fingerprint density at radius 1 is 1.29 bits per heavy atom. The highest BCUT2D eigenvalue weighted by molar-refractivity contribution is 5.99. The molecule has 1 aliphatic heterocycles. The van der Waals surface area contributed by atoms with Gasteiger partial charge in [-0.1, -0.05) is 0 Å². The van der Waals surface area contributed by atoms with Crippen LogP contribution in [0.1, 0.15) is 28.8 Å². The van der Waals surface area contributed by atoms with Crippen molar-refractivity contribution in [2.45, 2.75) is 19.3 Å². The van der Waals surface area contributed by atoms with E-state index in [-0.39, 0.29) is 11.8 Å². The number of rotatable bonds is 2. The Morgan fingerprint density at radius 3 is 2.71 bits per heavy atom. The number of carboxylic acid groups (broad SMARTS) is 1. The maximum Gasteiger partial charge on any atom is 0.335 e. The Kier molecular flexibility index (Phi) is 2.18. The quantitative estimate of drug-likeness (QED) is 0.842. The van der Waals surface area contributed by atoms with Crippen LogP contribution in [0.5, 0.6) is 0 Å². The third-order valence-corrected chi connectivity index (χ3v) is 3.41. The fourth-order valence-electron chi connectivity index (χ4n) is 2.31. The first kappa shape index (κ1) is 10.3. The summed E-state index contributed by atoms with van der Waals surface area (Å²) in [5.41, 5.74) is 2.16. The summed E-state index contributed by atoms with van der Waals surface area (Å²) in [6.07, 6.45) is 2.75. The van der Waals surface area contributed by atoms with Crippen LogP contribution in [-0.2, 0) is 11.2 Å². The van der Waals surface area contributed by atoms with E-state index in [0.717, 1.165) is 30.5 Å². The number of fused-ring (bicyclic) bond motifs is 1. The number of benzene rings is 1. The van der Waals surface area contributed by atoms with Crippen LogP contribution < -0.4 is 4.90 Å². The average Bonchev–Trinajstić information content (AvgIpc) is 3.07. The molecule has 1 aliphatic carbocycles. The van der Waals surface area contributed by atoms with Crippen molar-refractivity contribution in [2.24, 2.45) is 5.92 Å². The number of anilines is 1. The molecular formula is C13H13NO3. The van der Waals surface area contributed by atoms with Crippen LogP contribution in [0, 0.1) is 5.92 Å². The third kappa shape index (κ3) is 1.69. The predicted molar refractivity (Wildman–Crippen MR) is 62.2 cm³/mol. The predicted octanol–water partition coefficient (Wildman–Crippen LogP) is 1.68. The fourth-order valence-corrected chi connectivity index (χ4v) is 2.31. The van der Waals surface area contributed by atoms with Gasteiger partial charge in [0.25, 0.3) is 0 Å². The summed E-state index contributed by atoms with van der Waals surface area (Å²) < 4.78 is 0. The number of carboxylic acids is 1. The molecule has 88 valence electrons. The highest BCUT2D eigenvalue weighted by Gasteiger charge is 2.36. The van der Waals surface area contributed by atoms with Crippen molar-refractivity contribution >= 4 is 17.6 Å². The van der Waals surface area contributed by atoms with Gasteiger partial charge in [0.2, 0.25) is 5.91 Å². The van der Waals surface area contributed by atoms with Crippen LogP contribution in [-0.4, -0.2) is 23.5 Å². The first-order valence-electron chi connectivity index (χ1n) is 5.84. The Morgan fingerprint density at radius 2 is 2.06 bits per heavy atom. The molecule has 1 aromatic rings. The molecule has 1 amide bonds. The number of amides is 1. The van der Waals surface area contributed by atoms with Gasteiger partial charge >= 0.3 is 5.97 Å². The highest BCUT2D eigenvalue weighted by atomic mass is 16.4. The Labute approximate surface area is 98.9 Å². The zero-order valence-corrected chi connectivity index (χ0v) is 9.35. The lowest BCUT2D eigenvalue weighted by Crippen LogP contribution is -2.30. The van der Waals surface area contributed by atoms with Gasteiger partial charge in [-0.05, 0) is 43.0 Å². The lowest BCUT2D eigenvalue weighted by atomic mass is 10.1. The second-order valence-corrected chi connectivity index (χ2v) is 4.66. The lowest BCUT2D eigenvalue weighted by Gasteiger charge is -2.16. The lowest BCUT2D eigenvalue weighted by molar-refractivity contribution is -0.119. The minimum absolute atomic E-state index is 0.201. The molecule has 0 saturated heterocycles.